The third kappa shape index (κ3) is 2.03. The largest absolute Gasteiger partial charge is 0.396 e. The highest BCUT2D eigenvalue weighted by Crippen LogP contribution is 1.66. The molecule has 1 atom stereocenters. The van der Waals surface area contributed by atoms with E-state index in [-0.39, 0.29) is 0 Å². The van der Waals surface area contributed by atoms with Crippen LogP contribution in [0.5, 0.6) is 0 Å². The zero-order valence-corrected chi connectivity index (χ0v) is 3.09. The monoisotopic (exact) mass is 80.0 g/mol. The van der Waals surface area contributed by atoms with Crippen molar-refractivity contribution < 1.29 is 9.90 Å². The highest BCUT2D eigenvalue weighted by Gasteiger charge is 1.96. The van der Waals surface area contributed by atoms with Gasteiger partial charge in [0.15, 0.2) is 7.85 Å². The maximum atomic E-state index is 9.55. The molecule has 0 saturated heterocycles. The fourth-order valence-corrected chi connectivity index (χ4v) is 0. The van der Waals surface area contributed by atoms with Gasteiger partial charge in [-0.2, -0.15) is 0 Å². The first-order valence-electron chi connectivity index (χ1n) is 1.37. The van der Waals surface area contributed by atoms with Crippen molar-refractivity contribution >= 4 is 21.4 Å². The van der Waals surface area contributed by atoms with Crippen LogP contribution in [-0.4, -0.2) is 32.5 Å². The number of aliphatic hydroxyl groups excluding tert-OH is 1. The van der Waals surface area contributed by atoms with Gasteiger partial charge in [-0.25, -0.2) is 0 Å². The zero-order valence-electron chi connectivity index (χ0n) is 3.09. The van der Waals surface area contributed by atoms with E-state index < -0.39 is 11.7 Å². The molecule has 0 bridgehead atoms. The standard InChI is InChI=1S/C2H2B2O2/c3-1(5)2(4)6/h1,5H. The minimum Gasteiger partial charge on any atom is -0.396 e. The second-order valence-corrected chi connectivity index (χ2v) is 0.847. The van der Waals surface area contributed by atoms with Crippen LogP contribution in [0.25, 0.3) is 0 Å². The van der Waals surface area contributed by atoms with Crippen LogP contribution in [0.3, 0.4) is 0 Å². The molecule has 4 radical (unpaired) electrons. The van der Waals surface area contributed by atoms with Crippen LogP contribution in [0, 0.1) is 0 Å². The summed E-state index contributed by atoms with van der Waals surface area (Å²) in [6.07, 6.45) is 0. The molecular formula is C2H2B2O2. The lowest BCUT2D eigenvalue weighted by Crippen LogP contribution is -2.19. The van der Waals surface area contributed by atoms with Gasteiger partial charge in [0.1, 0.15) is 7.85 Å². The predicted octanol–water partition coefficient (Wildman–Crippen LogP) is -1.83. The molecule has 0 heterocycles. The van der Waals surface area contributed by atoms with Gasteiger partial charge in [-0.3, -0.25) is 0 Å². The van der Waals surface area contributed by atoms with Gasteiger partial charge >= 0.3 is 0 Å². The number of rotatable bonds is 1. The molecule has 0 aromatic rings. The van der Waals surface area contributed by atoms with E-state index in [1.54, 1.807) is 0 Å². The molecule has 2 nitrogen and oxygen atoms in total. The van der Waals surface area contributed by atoms with Crippen LogP contribution in [0.4, 0.5) is 0 Å². The fraction of sp³-hybridized carbons (Fsp3) is 0.500. The summed E-state index contributed by atoms with van der Waals surface area (Å²) in [6, 6.07) is -1.51. The Morgan fingerprint density at radius 3 is 2.00 bits per heavy atom. The molecule has 0 aliphatic heterocycles. The maximum absolute atomic E-state index is 9.55. The molecule has 4 heteroatoms. The first-order valence-corrected chi connectivity index (χ1v) is 1.37. The van der Waals surface area contributed by atoms with Crippen LogP contribution < -0.4 is 0 Å². The summed E-state index contributed by atoms with van der Waals surface area (Å²) in [7, 11) is 8.94. The highest BCUT2D eigenvalue weighted by molar-refractivity contribution is 6.62. The Balaban J connectivity index is 3.26. The molecular weight excluding hydrogens is 77.6 g/mol. The average Bonchev–Trinajstić information content (AvgIpc) is 1.36. The van der Waals surface area contributed by atoms with E-state index in [1.807, 2.05) is 0 Å². The van der Waals surface area contributed by atoms with Crippen molar-refractivity contribution in [3.8, 4) is 0 Å². The smallest absolute Gasteiger partial charge is 0.170 e. The molecule has 0 spiro atoms. The van der Waals surface area contributed by atoms with Gasteiger partial charge in [0.05, 0.1) is 11.7 Å². The Labute approximate surface area is 38.4 Å². The van der Waals surface area contributed by atoms with Gasteiger partial charge in [0, 0.05) is 0 Å². The molecule has 1 N–H and O–H groups in total. The van der Waals surface area contributed by atoms with Crippen molar-refractivity contribution in [2.75, 3.05) is 0 Å². The van der Waals surface area contributed by atoms with E-state index in [4.69, 9.17) is 5.11 Å². The summed E-state index contributed by atoms with van der Waals surface area (Å²) in [5.74, 6) is 0. The van der Waals surface area contributed by atoms with E-state index in [0.717, 1.165) is 0 Å². The number of hydrogen-bond donors (Lipinski definition) is 1. The van der Waals surface area contributed by atoms with Crippen LogP contribution in [0.2, 0.25) is 0 Å². The van der Waals surface area contributed by atoms with Gasteiger partial charge < -0.3 is 9.90 Å². The van der Waals surface area contributed by atoms with Crippen molar-refractivity contribution in [3.63, 3.8) is 0 Å². The Kier molecular flexibility index (Phi) is 1.95. The first kappa shape index (κ1) is 5.76. The molecule has 0 aliphatic carbocycles. The summed E-state index contributed by atoms with van der Waals surface area (Å²) < 4.78 is 0. The predicted molar refractivity (Wildman–Crippen MR) is 22.5 cm³/mol. The van der Waals surface area contributed by atoms with Crippen LogP contribution in [0.1, 0.15) is 0 Å². The molecule has 0 aromatic carbocycles. The molecule has 0 aliphatic rings. The lowest BCUT2D eigenvalue weighted by molar-refractivity contribution is -0.115. The van der Waals surface area contributed by atoms with Gasteiger partial charge in [-0.1, -0.05) is 0 Å². The Morgan fingerprint density at radius 2 is 2.00 bits per heavy atom. The van der Waals surface area contributed by atoms with Gasteiger partial charge in [0.2, 0.25) is 0 Å². The third-order valence-corrected chi connectivity index (χ3v) is 0.292. The Bertz CT molecular complexity index is 60.6. The summed E-state index contributed by atoms with van der Waals surface area (Å²) in [5.41, 5.74) is -0.907. The SMILES string of the molecule is [B]C(=O)C([B])O. The number of aliphatic hydroxyl groups is 1. The van der Waals surface area contributed by atoms with Crippen molar-refractivity contribution in [3.05, 3.63) is 0 Å². The van der Waals surface area contributed by atoms with Crippen molar-refractivity contribution in [1.82, 2.24) is 0 Å². The number of hydrogen-bond acceptors (Lipinski definition) is 2. The number of carbonyl (C=O) groups excluding carboxylic acids is 1. The molecule has 0 saturated carbocycles. The van der Waals surface area contributed by atoms with Crippen LogP contribution in [-0.2, 0) is 4.79 Å². The average molecular weight is 79.7 g/mol. The molecule has 6 heavy (non-hydrogen) atoms. The Morgan fingerprint density at radius 1 is 1.83 bits per heavy atom. The minimum atomic E-state index is -1.51. The van der Waals surface area contributed by atoms with Gasteiger partial charge in [-0.15, -0.1) is 0 Å². The summed E-state index contributed by atoms with van der Waals surface area (Å²) in [5, 5.41) is 7.93. The fourth-order valence-electron chi connectivity index (χ4n) is 0. The summed E-state index contributed by atoms with van der Waals surface area (Å²) in [6.45, 7) is 0. The highest BCUT2D eigenvalue weighted by atomic mass is 16.3. The topological polar surface area (TPSA) is 37.3 Å². The number of carbonyl (C=O) groups is 1. The lowest BCUT2D eigenvalue weighted by atomic mass is 9.85. The summed E-state index contributed by atoms with van der Waals surface area (Å²) >= 11 is 0. The van der Waals surface area contributed by atoms with Crippen molar-refractivity contribution in [1.29, 1.82) is 0 Å². The molecule has 0 rings (SSSR count). The molecule has 1 unspecified atom stereocenters. The van der Waals surface area contributed by atoms with Gasteiger partial charge in [0.25, 0.3) is 0 Å². The van der Waals surface area contributed by atoms with Crippen LogP contribution in [0.15, 0.2) is 0 Å². The van der Waals surface area contributed by atoms with Gasteiger partial charge in [-0.05, 0) is 0 Å². The molecule has 0 fully saturated rings. The third-order valence-electron chi connectivity index (χ3n) is 0.292. The van der Waals surface area contributed by atoms with E-state index in [1.165, 1.54) is 0 Å². The molecule has 0 amide bonds. The molecule has 28 valence electrons. The van der Waals surface area contributed by atoms with E-state index in [9.17, 15) is 4.79 Å². The quantitative estimate of drug-likeness (QED) is 0.376. The van der Waals surface area contributed by atoms with Crippen LogP contribution >= 0.6 is 0 Å². The van der Waals surface area contributed by atoms with E-state index in [2.05, 4.69) is 15.7 Å². The van der Waals surface area contributed by atoms with Crippen molar-refractivity contribution in [2.24, 2.45) is 0 Å². The normalized spacial score (nSPS) is 13.5. The second-order valence-electron chi connectivity index (χ2n) is 0.847. The zero-order chi connectivity index (χ0) is 5.15. The Hall–Kier alpha value is -0.240. The maximum Gasteiger partial charge on any atom is 0.170 e. The van der Waals surface area contributed by atoms with E-state index in [0.29, 0.717) is 0 Å². The lowest BCUT2D eigenvalue weighted by Gasteiger charge is -1.91. The molecule has 0 aromatic heterocycles. The second kappa shape index (κ2) is 2.03. The van der Waals surface area contributed by atoms with E-state index >= 15 is 0 Å². The minimum absolute atomic E-state index is 0.907. The first-order chi connectivity index (χ1) is 2.64. The summed E-state index contributed by atoms with van der Waals surface area (Å²) in [4.78, 5) is 9.55. The van der Waals surface area contributed by atoms with Crippen molar-refractivity contribution in [2.45, 2.75) is 6.00 Å².